The van der Waals surface area contributed by atoms with Crippen LogP contribution in [-0.4, -0.2) is 38.5 Å². The predicted octanol–water partition coefficient (Wildman–Crippen LogP) is 3.33. The van der Waals surface area contributed by atoms with Gasteiger partial charge in [0, 0.05) is 24.2 Å². The number of amides is 1. The van der Waals surface area contributed by atoms with Gasteiger partial charge in [-0.15, -0.1) is 0 Å². The molecule has 0 aromatic carbocycles. The number of halogens is 2. The minimum atomic E-state index is -2.67. The highest BCUT2D eigenvalue weighted by Gasteiger charge is 2.36. The number of carbonyl (C=O) groups is 1. The Morgan fingerprint density at radius 3 is 2.40 bits per heavy atom. The first-order valence-corrected chi connectivity index (χ1v) is 6.28. The Balaban J connectivity index is 2.95. The summed E-state index contributed by atoms with van der Waals surface area (Å²) in [5, 5.41) is 12.9. The predicted molar refractivity (Wildman–Crippen MR) is 71.0 cm³/mol. The highest BCUT2D eigenvalue weighted by atomic mass is 19.3. The number of carboxylic acid groups (broad SMARTS) is 1. The van der Waals surface area contributed by atoms with Gasteiger partial charge in [-0.2, -0.15) is 13.9 Å². The zero-order chi connectivity index (χ0) is 15.7. The molecule has 1 rings (SSSR count). The van der Waals surface area contributed by atoms with Crippen LogP contribution < -0.4 is 0 Å². The van der Waals surface area contributed by atoms with Crippen molar-refractivity contribution in [1.29, 1.82) is 0 Å². The topological polar surface area (TPSA) is 58.4 Å². The second-order valence-electron chi connectivity index (χ2n) is 6.17. The fourth-order valence-electron chi connectivity index (χ4n) is 2.36. The van der Waals surface area contributed by atoms with Crippen LogP contribution >= 0.6 is 0 Å². The van der Waals surface area contributed by atoms with E-state index in [1.54, 1.807) is 19.9 Å². The molecular formula is C13H21F2N3O2. The summed E-state index contributed by atoms with van der Waals surface area (Å²) >= 11 is 0. The van der Waals surface area contributed by atoms with E-state index in [4.69, 9.17) is 5.11 Å². The van der Waals surface area contributed by atoms with Crippen LogP contribution in [0.5, 0.6) is 0 Å². The summed E-state index contributed by atoms with van der Waals surface area (Å²) in [5.74, 6) is 0. The summed E-state index contributed by atoms with van der Waals surface area (Å²) < 4.78 is 25.7. The number of aromatic nitrogens is 2. The molecule has 5 nitrogen and oxygen atoms in total. The molecular weight excluding hydrogens is 268 g/mol. The van der Waals surface area contributed by atoms with Crippen molar-refractivity contribution in [3.63, 3.8) is 0 Å². The SMILES string of the molecule is CN(C(=O)O)C(C)(C)CC(C)(C)c1ccn(C(F)F)n1. The summed E-state index contributed by atoms with van der Waals surface area (Å²) in [5.41, 5.74) is -0.637. The molecule has 0 aliphatic heterocycles. The number of alkyl halides is 2. The number of hydrogen-bond donors (Lipinski definition) is 1. The zero-order valence-corrected chi connectivity index (χ0v) is 12.4. The lowest BCUT2D eigenvalue weighted by atomic mass is 9.77. The number of nitrogens with zero attached hydrogens (tertiary/aromatic N) is 3. The van der Waals surface area contributed by atoms with E-state index in [0.717, 1.165) is 0 Å². The summed E-state index contributed by atoms with van der Waals surface area (Å²) in [6.45, 7) is 4.65. The molecule has 0 aliphatic carbocycles. The highest BCUT2D eigenvalue weighted by Crippen LogP contribution is 2.34. The molecule has 20 heavy (non-hydrogen) atoms. The van der Waals surface area contributed by atoms with Gasteiger partial charge in [-0.1, -0.05) is 13.8 Å². The second kappa shape index (κ2) is 5.38. The van der Waals surface area contributed by atoms with Gasteiger partial charge in [0.1, 0.15) is 0 Å². The smallest absolute Gasteiger partial charge is 0.407 e. The fourth-order valence-corrected chi connectivity index (χ4v) is 2.36. The van der Waals surface area contributed by atoms with Crippen LogP contribution in [0, 0.1) is 0 Å². The van der Waals surface area contributed by atoms with Crippen LogP contribution in [0.2, 0.25) is 0 Å². The van der Waals surface area contributed by atoms with Crippen molar-refractivity contribution in [2.75, 3.05) is 7.05 Å². The number of rotatable bonds is 5. The molecule has 0 fully saturated rings. The average molecular weight is 289 g/mol. The standard InChI is InChI=1S/C13H21F2N3O2/c1-12(2,8-13(3,4)17(5)11(19)20)9-6-7-18(16-9)10(14)15/h6-7,10H,8H2,1-5H3,(H,19,20). The van der Waals surface area contributed by atoms with Gasteiger partial charge in [0.2, 0.25) is 0 Å². The Labute approximate surface area is 117 Å². The lowest BCUT2D eigenvalue weighted by Crippen LogP contribution is -2.47. The molecule has 1 heterocycles. The van der Waals surface area contributed by atoms with E-state index in [0.29, 0.717) is 16.8 Å². The summed E-state index contributed by atoms with van der Waals surface area (Å²) in [7, 11) is 1.50. The van der Waals surface area contributed by atoms with Crippen LogP contribution in [-0.2, 0) is 5.41 Å². The monoisotopic (exact) mass is 289 g/mol. The van der Waals surface area contributed by atoms with Crippen molar-refractivity contribution in [3.05, 3.63) is 18.0 Å². The van der Waals surface area contributed by atoms with Crippen LogP contribution in [0.3, 0.4) is 0 Å². The molecule has 0 radical (unpaired) electrons. The first-order valence-electron chi connectivity index (χ1n) is 6.28. The third-order valence-electron chi connectivity index (χ3n) is 3.57. The van der Waals surface area contributed by atoms with Crippen LogP contribution in [0.15, 0.2) is 12.3 Å². The Bertz CT molecular complexity index is 484. The van der Waals surface area contributed by atoms with E-state index in [9.17, 15) is 13.6 Å². The van der Waals surface area contributed by atoms with Crippen molar-refractivity contribution in [2.24, 2.45) is 0 Å². The summed E-state index contributed by atoms with van der Waals surface area (Å²) in [4.78, 5) is 12.3. The third kappa shape index (κ3) is 3.46. The molecule has 114 valence electrons. The highest BCUT2D eigenvalue weighted by molar-refractivity contribution is 5.65. The Morgan fingerprint density at radius 2 is 2.00 bits per heavy atom. The van der Waals surface area contributed by atoms with Gasteiger partial charge < -0.3 is 10.0 Å². The Hall–Kier alpha value is -1.66. The van der Waals surface area contributed by atoms with Crippen molar-refractivity contribution in [2.45, 2.75) is 51.6 Å². The zero-order valence-electron chi connectivity index (χ0n) is 12.4. The molecule has 0 spiro atoms. The van der Waals surface area contributed by atoms with Gasteiger partial charge in [-0.3, -0.25) is 0 Å². The molecule has 0 saturated heterocycles. The molecule has 0 unspecified atom stereocenters. The lowest BCUT2D eigenvalue weighted by molar-refractivity contribution is 0.0552. The van der Waals surface area contributed by atoms with E-state index in [-0.39, 0.29) is 0 Å². The quantitative estimate of drug-likeness (QED) is 0.904. The third-order valence-corrected chi connectivity index (χ3v) is 3.57. The van der Waals surface area contributed by atoms with E-state index in [2.05, 4.69) is 5.10 Å². The van der Waals surface area contributed by atoms with Gasteiger partial charge in [0.05, 0.1) is 5.69 Å². The van der Waals surface area contributed by atoms with Gasteiger partial charge in [-0.25, -0.2) is 9.48 Å². The molecule has 7 heteroatoms. The fraction of sp³-hybridized carbons (Fsp3) is 0.692. The van der Waals surface area contributed by atoms with Crippen molar-refractivity contribution < 1.29 is 18.7 Å². The molecule has 0 atom stereocenters. The van der Waals surface area contributed by atoms with Gasteiger partial charge >= 0.3 is 12.6 Å². The maximum Gasteiger partial charge on any atom is 0.407 e. The lowest BCUT2D eigenvalue weighted by Gasteiger charge is -2.39. The van der Waals surface area contributed by atoms with Crippen LogP contribution in [0.4, 0.5) is 13.6 Å². The van der Waals surface area contributed by atoms with Crippen LogP contribution in [0.25, 0.3) is 0 Å². The minimum Gasteiger partial charge on any atom is -0.465 e. The average Bonchev–Trinajstić information content (AvgIpc) is 2.76. The molecule has 0 saturated carbocycles. The second-order valence-corrected chi connectivity index (χ2v) is 6.17. The molecule has 1 aromatic heterocycles. The maximum absolute atomic E-state index is 12.6. The number of hydrogen-bond acceptors (Lipinski definition) is 2. The van der Waals surface area contributed by atoms with E-state index >= 15 is 0 Å². The normalized spacial score (nSPS) is 12.8. The Kier molecular flexibility index (Phi) is 4.41. The summed E-state index contributed by atoms with van der Waals surface area (Å²) in [6.07, 6.45) is 0.669. The largest absolute Gasteiger partial charge is 0.465 e. The van der Waals surface area contributed by atoms with E-state index < -0.39 is 23.6 Å². The van der Waals surface area contributed by atoms with Crippen molar-refractivity contribution in [1.82, 2.24) is 14.7 Å². The van der Waals surface area contributed by atoms with Crippen molar-refractivity contribution >= 4 is 6.09 Å². The van der Waals surface area contributed by atoms with Crippen molar-refractivity contribution in [3.8, 4) is 0 Å². The first kappa shape index (κ1) is 16.4. The van der Waals surface area contributed by atoms with E-state index in [1.807, 2.05) is 13.8 Å². The molecule has 1 aromatic rings. The molecule has 1 N–H and O–H groups in total. The van der Waals surface area contributed by atoms with Gasteiger partial charge in [-0.05, 0) is 26.3 Å². The molecule has 1 amide bonds. The van der Waals surface area contributed by atoms with Gasteiger partial charge in [0.25, 0.3) is 0 Å². The molecule has 0 bridgehead atoms. The molecule has 0 aliphatic rings. The Morgan fingerprint density at radius 1 is 1.45 bits per heavy atom. The van der Waals surface area contributed by atoms with Crippen LogP contribution in [0.1, 0.15) is 46.4 Å². The van der Waals surface area contributed by atoms with Gasteiger partial charge in [0.15, 0.2) is 0 Å². The summed E-state index contributed by atoms with van der Waals surface area (Å²) in [6, 6.07) is 1.54. The first-order chi connectivity index (χ1) is 8.97. The minimum absolute atomic E-state index is 0.461. The van der Waals surface area contributed by atoms with E-state index in [1.165, 1.54) is 18.1 Å². The maximum atomic E-state index is 12.6.